The van der Waals surface area contributed by atoms with Gasteiger partial charge in [0.05, 0.1) is 0 Å². The maximum atomic E-state index is 13.3. The van der Waals surface area contributed by atoms with E-state index in [1.54, 1.807) is 0 Å². The van der Waals surface area contributed by atoms with E-state index in [1.165, 1.54) is 0 Å². The normalized spacial score (nSPS) is 14.9. The smallest absolute Gasteiger partial charge is 0.412 e. The SMILES string of the molecule is CC(C)(C)OC(=O)Nc1cccc(CN2CCC(CCNC(=O)C(C#N)=C3c4ccccc4Oc4ccccc43)CC2)c1. The van der Waals surface area contributed by atoms with Gasteiger partial charge in [-0.1, -0.05) is 48.5 Å². The van der Waals surface area contributed by atoms with Gasteiger partial charge in [0.25, 0.3) is 5.91 Å². The Morgan fingerprint density at radius 3 is 2.26 bits per heavy atom. The summed E-state index contributed by atoms with van der Waals surface area (Å²) >= 11 is 0. The van der Waals surface area contributed by atoms with Crippen LogP contribution in [0.4, 0.5) is 10.5 Å². The second-order valence-electron chi connectivity index (χ2n) is 12.0. The predicted octanol–water partition coefficient (Wildman–Crippen LogP) is 6.88. The molecule has 0 atom stereocenters. The van der Waals surface area contributed by atoms with Gasteiger partial charge in [-0.2, -0.15) is 5.26 Å². The van der Waals surface area contributed by atoms with E-state index in [4.69, 9.17) is 9.47 Å². The van der Waals surface area contributed by atoms with E-state index in [-0.39, 0.29) is 11.5 Å². The summed E-state index contributed by atoms with van der Waals surface area (Å²) in [6.07, 6.45) is 2.48. The number of likely N-dealkylation sites (tertiary alicyclic amines) is 1. The molecule has 0 unspecified atom stereocenters. The number of carbonyl (C=O) groups is 2. The number of nitrogens with one attached hydrogen (secondary N) is 2. The van der Waals surface area contributed by atoms with Crippen molar-refractivity contribution in [1.29, 1.82) is 5.26 Å². The van der Waals surface area contributed by atoms with Crippen molar-refractivity contribution in [2.45, 2.75) is 52.2 Å². The number of rotatable bonds is 7. The Balaban J connectivity index is 1.13. The number of hydrogen-bond donors (Lipinski definition) is 2. The summed E-state index contributed by atoms with van der Waals surface area (Å²) in [4.78, 5) is 27.8. The Bertz CT molecular complexity index is 1510. The van der Waals surface area contributed by atoms with Crippen molar-refractivity contribution in [2.24, 2.45) is 5.92 Å². The number of para-hydroxylation sites is 2. The second-order valence-corrected chi connectivity index (χ2v) is 12.0. The molecule has 8 nitrogen and oxygen atoms in total. The highest BCUT2D eigenvalue weighted by Gasteiger charge is 2.27. The highest BCUT2D eigenvalue weighted by molar-refractivity contribution is 6.09. The predicted molar refractivity (Wildman–Crippen MR) is 167 cm³/mol. The van der Waals surface area contributed by atoms with Crippen LogP contribution in [-0.4, -0.2) is 42.1 Å². The molecule has 2 N–H and O–H groups in total. The molecule has 0 aromatic heterocycles. The minimum atomic E-state index is -0.548. The summed E-state index contributed by atoms with van der Waals surface area (Å²) in [5.41, 5.74) is 3.49. The third-order valence-electron chi connectivity index (χ3n) is 7.65. The van der Waals surface area contributed by atoms with Gasteiger partial charge in [-0.25, -0.2) is 4.79 Å². The van der Waals surface area contributed by atoms with E-state index in [0.29, 0.717) is 29.5 Å². The Morgan fingerprint density at radius 1 is 0.977 bits per heavy atom. The van der Waals surface area contributed by atoms with Crippen LogP contribution < -0.4 is 15.4 Å². The molecule has 0 spiro atoms. The minimum absolute atomic E-state index is 0.0985. The van der Waals surface area contributed by atoms with Crippen LogP contribution in [0.2, 0.25) is 0 Å². The van der Waals surface area contributed by atoms with Crippen LogP contribution in [-0.2, 0) is 16.1 Å². The van der Waals surface area contributed by atoms with Crippen molar-refractivity contribution in [3.63, 3.8) is 0 Å². The van der Waals surface area contributed by atoms with Crippen LogP contribution in [0.25, 0.3) is 5.57 Å². The van der Waals surface area contributed by atoms with Crippen LogP contribution in [0, 0.1) is 17.2 Å². The molecule has 2 aliphatic heterocycles. The first-order valence-corrected chi connectivity index (χ1v) is 14.8. The van der Waals surface area contributed by atoms with E-state index >= 15 is 0 Å². The first-order chi connectivity index (χ1) is 20.7. The quantitative estimate of drug-likeness (QED) is 0.183. The number of benzene rings is 3. The number of amides is 2. The van der Waals surface area contributed by atoms with Crippen LogP contribution in [0.1, 0.15) is 56.7 Å². The molecule has 43 heavy (non-hydrogen) atoms. The first-order valence-electron chi connectivity index (χ1n) is 14.8. The summed E-state index contributed by atoms with van der Waals surface area (Å²) in [7, 11) is 0. The fourth-order valence-electron chi connectivity index (χ4n) is 5.62. The third-order valence-corrected chi connectivity index (χ3v) is 7.65. The number of carbonyl (C=O) groups excluding carboxylic acids is 2. The number of hydrogen-bond acceptors (Lipinski definition) is 6. The van der Waals surface area contributed by atoms with E-state index in [0.717, 1.165) is 61.3 Å². The van der Waals surface area contributed by atoms with E-state index in [2.05, 4.69) is 27.7 Å². The topological polar surface area (TPSA) is 104 Å². The van der Waals surface area contributed by atoms with Crippen LogP contribution in [0.5, 0.6) is 11.5 Å². The standard InChI is InChI=1S/C35H38N4O4/c1-35(2,3)43-34(41)38-26-10-8-9-25(21-26)23-39-19-16-24(17-20-39)15-18-37-33(40)29(22-36)32-27-11-4-6-13-30(27)42-31-14-7-5-12-28(31)32/h4-14,21,24H,15-20,23H2,1-3H3,(H,37,40)(H,38,41). The molecule has 0 aliphatic carbocycles. The molecule has 1 saturated heterocycles. The van der Waals surface area contributed by atoms with Crippen molar-refractivity contribution in [2.75, 3.05) is 25.0 Å². The van der Waals surface area contributed by atoms with Crippen molar-refractivity contribution in [1.82, 2.24) is 10.2 Å². The molecule has 0 radical (unpaired) electrons. The molecular weight excluding hydrogens is 540 g/mol. The number of nitriles is 1. The zero-order valence-corrected chi connectivity index (χ0v) is 25.0. The molecule has 0 saturated carbocycles. The largest absolute Gasteiger partial charge is 0.456 e. The number of nitrogens with zero attached hydrogens (tertiary/aromatic N) is 2. The molecule has 2 aliphatic rings. The second kappa shape index (κ2) is 13.1. The van der Waals surface area contributed by atoms with Crippen LogP contribution in [0.15, 0.2) is 78.4 Å². The lowest BCUT2D eigenvalue weighted by atomic mass is 9.89. The molecule has 5 rings (SSSR count). The van der Waals surface area contributed by atoms with Crippen LogP contribution in [0.3, 0.4) is 0 Å². The number of ether oxygens (including phenoxy) is 2. The molecule has 2 heterocycles. The fourth-order valence-corrected chi connectivity index (χ4v) is 5.62. The van der Waals surface area contributed by atoms with Gasteiger partial charge in [0.1, 0.15) is 28.7 Å². The van der Waals surface area contributed by atoms with Gasteiger partial charge in [-0.15, -0.1) is 0 Å². The fraction of sp³-hybridized carbons (Fsp3) is 0.343. The molecular formula is C35H38N4O4. The van der Waals surface area contributed by atoms with Crippen molar-refractivity contribution in [3.05, 3.63) is 95.1 Å². The van der Waals surface area contributed by atoms with E-state index in [9.17, 15) is 14.9 Å². The molecule has 222 valence electrons. The highest BCUT2D eigenvalue weighted by Crippen LogP contribution is 2.44. The molecule has 1 fully saturated rings. The molecule has 8 heteroatoms. The van der Waals surface area contributed by atoms with Gasteiger partial charge in [0, 0.05) is 35.5 Å². The highest BCUT2D eigenvalue weighted by atomic mass is 16.6. The van der Waals surface area contributed by atoms with E-state index < -0.39 is 11.7 Å². The summed E-state index contributed by atoms with van der Waals surface area (Å²) in [5, 5.41) is 15.9. The van der Waals surface area contributed by atoms with Crippen molar-refractivity contribution in [3.8, 4) is 17.6 Å². The van der Waals surface area contributed by atoms with Gasteiger partial charge < -0.3 is 14.8 Å². The lowest BCUT2D eigenvalue weighted by Crippen LogP contribution is -2.35. The summed E-state index contributed by atoms with van der Waals surface area (Å²) < 4.78 is 11.4. The van der Waals surface area contributed by atoms with Gasteiger partial charge >= 0.3 is 6.09 Å². The summed E-state index contributed by atoms with van der Waals surface area (Å²) in [6.45, 7) is 8.76. The Morgan fingerprint density at radius 2 is 1.63 bits per heavy atom. The average molecular weight is 579 g/mol. The zero-order valence-electron chi connectivity index (χ0n) is 25.0. The summed E-state index contributed by atoms with van der Waals surface area (Å²) in [5.74, 6) is 1.41. The Kier molecular flexibility index (Phi) is 9.13. The van der Waals surface area contributed by atoms with Gasteiger partial charge in [-0.05, 0) is 88.9 Å². The molecule has 2 amide bonds. The van der Waals surface area contributed by atoms with Crippen LogP contribution >= 0.6 is 0 Å². The number of anilines is 1. The Labute approximate surface area is 253 Å². The number of piperidine rings is 1. The van der Waals surface area contributed by atoms with Crippen molar-refractivity contribution < 1.29 is 19.1 Å². The van der Waals surface area contributed by atoms with E-state index in [1.807, 2.05) is 87.5 Å². The van der Waals surface area contributed by atoms with Crippen molar-refractivity contribution >= 4 is 23.3 Å². The molecule has 0 bridgehead atoms. The number of fused-ring (bicyclic) bond motifs is 2. The maximum Gasteiger partial charge on any atom is 0.412 e. The summed E-state index contributed by atoms with van der Waals surface area (Å²) in [6, 6.07) is 25.0. The average Bonchev–Trinajstić information content (AvgIpc) is 2.97. The lowest BCUT2D eigenvalue weighted by Gasteiger charge is -2.32. The Hall–Kier alpha value is -4.61. The maximum absolute atomic E-state index is 13.3. The zero-order chi connectivity index (χ0) is 30.4. The monoisotopic (exact) mass is 578 g/mol. The first kappa shape index (κ1) is 29.9. The third kappa shape index (κ3) is 7.62. The molecule has 3 aromatic carbocycles. The van der Waals surface area contributed by atoms with Gasteiger partial charge in [0.2, 0.25) is 0 Å². The minimum Gasteiger partial charge on any atom is -0.456 e. The lowest BCUT2D eigenvalue weighted by molar-refractivity contribution is -0.117. The van der Waals surface area contributed by atoms with Gasteiger partial charge in [0.15, 0.2) is 0 Å². The molecule has 3 aromatic rings. The van der Waals surface area contributed by atoms with Gasteiger partial charge in [-0.3, -0.25) is 15.0 Å².